The lowest BCUT2D eigenvalue weighted by Gasteiger charge is -2.45. The number of morpholine rings is 1. The van der Waals surface area contributed by atoms with Gasteiger partial charge in [0.1, 0.15) is 23.7 Å². The van der Waals surface area contributed by atoms with Gasteiger partial charge in [-0.2, -0.15) is 0 Å². The van der Waals surface area contributed by atoms with Gasteiger partial charge in [-0.1, -0.05) is 54.6 Å². The molecule has 0 spiro atoms. The third kappa shape index (κ3) is 6.15. The van der Waals surface area contributed by atoms with E-state index >= 15 is 0 Å². The molecule has 2 atom stereocenters. The maximum atomic E-state index is 12.9. The van der Waals surface area contributed by atoms with Crippen molar-refractivity contribution >= 4 is 21.7 Å². The minimum atomic E-state index is -3.53. The fraction of sp³-hybridized carbons (Fsp3) is 0.433. The molecule has 1 N–H and O–H groups in total. The third-order valence-corrected chi connectivity index (χ3v) is 9.70. The topological polar surface area (TPSA) is 120 Å². The lowest BCUT2D eigenvalue weighted by atomic mass is 10.0. The van der Waals surface area contributed by atoms with E-state index in [4.69, 9.17) is 24.2 Å². The predicted molar refractivity (Wildman–Crippen MR) is 156 cm³/mol. The normalized spacial score (nSPS) is 18.6. The number of fused-ring (bicyclic) bond motifs is 3. The molecule has 1 fully saturated rings. The molecule has 2 aliphatic heterocycles. The van der Waals surface area contributed by atoms with Crippen molar-refractivity contribution in [3.63, 3.8) is 0 Å². The van der Waals surface area contributed by atoms with Crippen LogP contribution in [0.15, 0.2) is 54.6 Å². The van der Waals surface area contributed by atoms with Crippen LogP contribution in [-0.4, -0.2) is 69.2 Å². The Morgan fingerprint density at radius 2 is 1.78 bits per heavy atom. The third-order valence-electron chi connectivity index (χ3n) is 7.66. The molecule has 0 radical (unpaired) electrons. The number of anilines is 1. The molecule has 1 aromatic heterocycles. The first-order valence-corrected chi connectivity index (χ1v) is 15.6. The maximum Gasteiger partial charge on any atom is 0.407 e. The van der Waals surface area contributed by atoms with Crippen LogP contribution in [0.25, 0.3) is 11.4 Å². The van der Waals surface area contributed by atoms with E-state index in [1.54, 1.807) is 13.8 Å². The molecule has 41 heavy (non-hydrogen) atoms. The summed E-state index contributed by atoms with van der Waals surface area (Å²) in [6, 6.07) is 17.3. The van der Waals surface area contributed by atoms with Crippen LogP contribution in [0.5, 0.6) is 5.75 Å². The zero-order chi connectivity index (χ0) is 29.2. The summed E-state index contributed by atoms with van der Waals surface area (Å²) in [7, 11) is -3.53. The molecule has 10 nitrogen and oxygen atoms in total. The van der Waals surface area contributed by atoms with Gasteiger partial charge in [-0.05, 0) is 38.3 Å². The Morgan fingerprint density at radius 1 is 1.05 bits per heavy atom. The van der Waals surface area contributed by atoms with Gasteiger partial charge in [-0.3, -0.25) is 0 Å². The molecular weight excluding hydrogens is 544 g/mol. The van der Waals surface area contributed by atoms with E-state index in [2.05, 4.69) is 17.1 Å². The van der Waals surface area contributed by atoms with E-state index < -0.39 is 20.7 Å². The van der Waals surface area contributed by atoms with Crippen LogP contribution in [-0.2, 0) is 37.1 Å². The average molecular weight is 581 g/mol. The molecule has 3 heterocycles. The second-order valence-corrected chi connectivity index (χ2v) is 13.6. The van der Waals surface area contributed by atoms with E-state index in [0.717, 1.165) is 16.7 Å². The first-order valence-electron chi connectivity index (χ1n) is 13.7. The number of amides is 1. The number of nitrogens with one attached hydrogen (secondary N) is 1. The molecule has 1 saturated heterocycles. The molecule has 11 heteroatoms. The minimum Gasteiger partial charge on any atom is -0.486 e. The number of alkyl carbamates (subject to hydrolysis) is 1. The van der Waals surface area contributed by atoms with E-state index in [1.807, 2.05) is 54.6 Å². The first-order chi connectivity index (χ1) is 19.5. The van der Waals surface area contributed by atoms with Crippen molar-refractivity contribution in [2.75, 3.05) is 37.5 Å². The first kappa shape index (κ1) is 28.8. The van der Waals surface area contributed by atoms with Gasteiger partial charge in [0.25, 0.3) is 0 Å². The second kappa shape index (κ2) is 11.7. The number of rotatable bonds is 8. The van der Waals surface area contributed by atoms with Crippen LogP contribution < -0.4 is 15.0 Å². The van der Waals surface area contributed by atoms with Gasteiger partial charge in [0.05, 0.1) is 25.3 Å². The Bertz CT molecular complexity index is 1500. The van der Waals surface area contributed by atoms with E-state index in [-0.39, 0.29) is 18.7 Å². The molecule has 0 aliphatic carbocycles. The molecule has 2 aromatic carbocycles. The van der Waals surface area contributed by atoms with Crippen molar-refractivity contribution in [3.05, 3.63) is 71.4 Å². The Morgan fingerprint density at radius 3 is 2.49 bits per heavy atom. The monoisotopic (exact) mass is 580 g/mol. The highest BCUT2D eigenvalue weighted by Crippen LogP contribution is 2.44. The molecule has 2 aliphatic rings. The zero-order valence-corrected chi connectivity index (χ0v) is 24.6. The Kier molecular flexibility index (Phi) is 8.19. The maximum absolute atomic E-state index is 12.9. The van der Waals surface area contributed by atoms with Crippen LogP contribution in [0.1, 0.15) is 37.6 Å². The number of nitrogens with zero attached hydrogens (tertiary/aromatic N) is 3. The fourth-order valence-electron chi connectivity index (χ4n) is 4.95. The largest absolute Gasteiger partial charge is 0.486 e. The molecule has 0 saturated carbocycles. The SMILES string of the molecule is CC1COCC2COc3c(nc(-c4ccc(CCNC(=O)OCc5ccccc5)cc4)nc3C(C)(C)S(C)(=O)=O)N12. The smallest absolute Gasteiger partial charge is 0.407 e. The standard InChI is InChI=1S/C30H36N4O6S/c1-20-16-38-18-24-19-39-25-26(30(2,3)41(4,36)37)32-27(33-28(25)34(20)24)23-12-10-21(11-13-23)14-15-31-29(35)40-17-22-8-6-5-7-9-22/h5-13,20,24H,14-19H2,1-4H3,(H,31,35). The van der Waals surface area contributed by atoms with Crippen molar-refractivity contribution in [3.8, 4) is 17.1 Å². The molecule has 5 rings (SSSR count). The van der Waals surface area contributed by atoms with Gasteiger partial charge in [-0.15, -0.1) is 0 Å². The van der Waals surface area contributed by atoms with Crippen LogP contribution >= 0.6 is 0 Å². The lowest BCUT2D eigenvalue weighted by molar-refractivity contribution is 0.0482. The van der Waals surface area contributed by atoms with Crippen molar-refractivity contribution < 1.29 is 27.4 Å². The Hall–Kier alpha value is -3.70. The van der Waals surface area contributed by atoms with Crippen molar-refractivity contribution in [2.45, 2.75) is 50.6 Å². The number of benzene rings is 2. The summed E-state index contributed by atoms with van der Waals surface area (Å²) in [5.74, 6) is 1.43. The highest BCUT2D eigenvalue weighted by atomic mass is 32.2. The number of sulfone groups is 1. The van der Waals surface area contributed by atoms with Crippen molar-refractivity contribution in [1.82, 2.24) is 15.3 Å². The number of ether oxygens (including phenoxy) is 3. The van der Waals surface area contributed by atoms with Crippen molar-refractivity contribution in [2.24, 2.45) is 0 Å². The van der Waals surface area contributed by atoms with Crippen LogP contribution in [0.3, 0.4) is 0 Å². The average Bonchev–Trinajstić information content (AvgIpc) is 2.95. The summed E-state index contributed by atoms with van der Waals surface area (Å²) in [6.45, 7) is 7.42. The van der Waals surface area contributed by atoms with Crippen LogP contribution in [0.4, 0.5) is 10.6 Å². The van der Waals surface area contributed by atoms with Gasteiger partial charge in [0.2, 0.25) is 0 Å². The number of hydrogen-bond acceptors (Lipinski definition) is 9. The summed E-state index contributed by atoms with van der Waals surface area (Å²) in [5, 5.41) is 2.78. The predicted octanol–water partition coefficient (Wildman–Crippen LogP) is 3.88. The van der Waals surface area contributed by atoms with E-state index in [9.17, 15) is 13.2 Å². The van der Waals surface area contributed by atoms with E-state index in [0.29, 0.717) is 55.9 Å². The zero-order valence-electron chi connectivity index (χ0n) is 23.8. The quantitative estimate of drug-likeness (QED) is 0.423. The molecule has 1 amide bonds. The van der Waals surface area contributed by atoms with Crippen molar-refractivity contribution in [1.29, 1.82) is 0 Å². The van der Waals surface area contributed by atoms with Gasteiger partial charge >= 0.3 is 6.09 Å². The number of carbonyl (C=O) groups excluding carboxylic acids is 1. The lowest BCUT2D eigenvalue weighted by Crippen LogP contribution is -2.56. The van der Waals surface area contributed by atoms with Gasteiger partial charge in [-0.25, -0.2) is 23.2 Å². The van der Waals surface area contributed by atoms with Crippen LogP contribution in [0, 0.1) is 0 Å². The Balaban J connectivity index is 1.34. The molecule has 0 bridgehead atoms. The summed E-state index contributed by atoms with van der Waals surface area (Å²) in [5.41, 5.74) is 3.03. The number of hydrogen-bond donors (Lipinski definition) is 1. The summed E-state index contributed by atoms with van der Waals surface area (Å²) < 4.78 is 41.5. The second-order valence-electron chi connectivity index (χ2n) is 11.0. The highest BCUT2D eigenvalue weighted by Gasteiger charge is 2.43. The summed E-state index contributed by atoms with van der Waals surface area (Å²) >= 11 is 0. The number of aromatic nitrogens is 2. The number of carbonyl (C=O) groups is 1. The minimum absolute atomic E-state index is 0.0162. The molecule has 2 unspecified atom stereocenters. The van der Waals surface area contributed by atoms with Gasteiger partial charge in [0.15, 0.2) is 27.2 Å². The van der Waals surface area contributed by atoms with Gasteiger partial charge in [0, 0.05) is 18.4 Å². The van der Waals surface area contributed by atoms with Gasteiger partial charge < -0.3 is 24.4 Å². The molecular formula is C30H36N4O6S. The highest BCUT2D eigenvalue weighted by molar-refractivity contribution is 7.91. The fourth-order valence-corrected chi connectivity index (χ4v) is 5.44. The Labute approximate surface area is 241 Å². The van der Waals surface area contributed by atoms with E-state index in [1.165, 1.54) is 6.26 Å². The molecule has 218 valence electrons. The summed E-state index contributed by atoms with van der Waals surface area (Å²) in [6.07, 6.45) is 1.36. The molecule has 3 aromatic rings. The van der Waals surface area contributed by atoms with Crippen LogP contribution in [0.2, 0.25) is 0 Å². The summed E-state index contributed by atoms with van der Waals surface area (Å²) in [4.78, 5) is 23.9.